The third-order valence-corrected chi connectivity index (χ3v) is 5.47. The predicted molar refractivity (Wildman–Crippen MR) is 118 cm³/mol. The number of furan rings is 1. The number of hydrogen-bond acceptors (Lipinski definition) is 5. The van der Waals surface area contributed by atoms with Crippen LogP contribution in [0.2, 0.25) is 10.0 Å². The number of carbonyl (C=O) groups excluding carboxylic acids is 2. The third kappa shape index (κ3) is 4.50. The van der Waals surface area contributed by atoms with Gasteiger partial charge in [0, 0.05) is 28.1 Å². The zero-order chi connectivity index (χ0) is 22.0. The number of hydrogen-bond donors (Lipinski definition) is 1. The Morgan fingerprint density at radius 1 is 1.10 bits per heavy atom. The summed E-state index contributed by atoms with van der Waals surface area (Å²) in [7, 11) is 0. The lowest BCUT2D eigenvalue weighted by Gasteiger charge is -2.13. The second kappa shape index (κ2) is 8.96. The highest BCUT2D eigenvalue weighted by molar-refractivity contribution is 6.35. The lowest BCUT2D eigenvalue weighted by molar-refractivity contribution is 0.0698. The van der Waals surface area contributed by atoms with E-state index in [0.717, 1.165) is 12.0 Å². The SMILES string of the molecule is Cc1c(C(=O)Oc2ccc(Cl)cc2Cl)oc2c1/C(=N/NC(=O)c1ccccc1)CCC2. The number of esters is 1. The van der Waals surface area contributed by atoms with Crippen LogP contribution in [0.5, 0.6) is 5.75 Å². The van der Waals surface area contributed by atoms with E-state index in [4.69, 9.17) is 32.4 Å². The monoisotopic (exact) mass is 456 g/mol. The van der Waals surface area contributed by atoms with Gasteiger partial charge in [0.15, 0.2) is 0 Å². The van der Waals surface area contributed by atoms with Gasteiger partial charge in [0.1, 0.15) is 11.5 Å². The molecule has 0 radical (unpaired) electrons. The highest BCUT2D eigenvalue weighted by Gasteiger charge is 2.29. The summed E-state index contributed by atoms with van der Waals surface area (Å²) in [6, 6.07) is 13.4. The minimum absolute atomic E-state index is 0.0833. The summed E-state index contributed by atoms with van der Waals surface area (Å²) in [6.07, 6.45) is 2.11. The summed E-state index contributed by atoms with van der Waals surface area (Å²) in [6.45, 7) is 1.77. The molecule has 1 aliphatic carbocycles. The van der Waals surface area contributed by atoms with Gasteiger partial charge in [0.2, 0.25) is 5.76 Å². The number of fused-ring (bicyclic) bond motifs is 1. The van der Waals surface area contributed by atoms with Crippen LogP contribution in [0.4, 0.5) is 0 Å². The largest absolute Gasteiger partial charge is 0.453 e. The fourth-order valence-corrected chi connectivity index (χ4v) is 3.90. The molecule has 2 aromatic carbocycles. The molecule has 0 fully saturated rings. The van der Waals surface area contributed by atoms with Crippen molar-refractivity contribution in [3.8, 4) is 5.75 Å². The van der Waals surface area contributed by atoms with Gasteiger partial charge in [-0.1, -0.05) is 41.4 Å². The van der Waals surface area contributed by atoms with Gasteiger partial charge < -0.3 is 9.15 Å². The number of aryl methyl sites for hydroxylation is 1. The number of carbonyl (C=O) groups is 2. The molecule has 1 aromatic heterocycles. The molecule has 3 aromatic rings. The topological polar surface area (TPSA) is 80.9 Å². The van der Waals surface area contributed by atoms with E-state index in [0.29, 0.717) is 40.5 Å². The van der Waals surface area contributed by atoms with Crippen molar-refractivity contribution in [1.29, 1.82) is 0 Å². The molecule has 6 nitrogen and oxygen atoms in total. The number of amides is 1. The van der Waals surface area contributed by atoms with Crippen molar-refractivity contribution in [2.75, 3.05) is 0 Å². The van der Waals surface area contributed by atoms with E-state index in [9.17, 15) is 9.59 Å². The molecule has 158 valence electrons. The van der Waals surface area contributed by atoms with Crippen LogP contribution < -0.4 is 10.2 Å². The van der Waals surface area contributed by atoms with E-state index >= 15 is 0 Å². The van der Waals surface area contributed by atoms with Crippen LogP contribution in [0.3, 0.4) is 0 Å². The van der Waals surface area contributed by atoms with Gasteiger partial charge in [-0.2, -0.15) is 5.10 Å². The zero-order valence-electron chi connectivity index (χ0n) is 16.6. The Balaban J connectivity index is 1.58. The summed E-state index contributed by atoms with van der Waals surface area (Å²) in [5, 5.41) is 4.97. The van der Waals surface area contributed by atoms with E-state index in [-0.39, 0.29) is 22.4 Å². The van der Waals surface area contributed by atoms with E-state index in [1.807, 2.05) is 6.07 Å². The van der Waals surface area contributed by atoms with Gasteiger partial charge in [-0.05, 0) is 50.1 Å². The average molecular weight is 457 g/mol. The third-order valence-electron chi connectivity index (χ3n) is 4.94. The molecular weight excluding hydrogens is 439 g/mol. The second-order valence-electron chi connectivity index (χ2n) is 7.04. The number of rotatable bonds is 4. The van der Waals surface area contributed by atoms with Crippen LogP contribution in [-0.2, 0) is 6.42 Å². The number of nitrogens with one attached hydrogen (secondary N) is 1. The highest BCUT2D eigenvalue weighted by atomic mass is 35.5. The summed E-state index contributed by atoms with van der Waals surface area (Å²) >= 11 is 12.0. The second-order valence-corrected chi connectivity index (χ2v) is 7.88. The van der Waals surface area contributed by atoms with Crippen LogP contribution in [0.15, 0.2) is 58.0 Å². The Hall–Kier alpha value is -3.09. The summed E-state index contributed by atoms with van der Waals surface area (Å²) < 4.78 is 11.2. The first-order chi connectivity index (χ1) is 14.9. The number of hydrazone groups is 1. The normalized spacial score (nSPS) is 14.2. The minimum Gasteiger partial charge on any atom is -0.453 e. The molecule has 0 atom stereocenters. The number of benzene rings is 2. The maximum absolute atomic E-state index is 12.7. The van der Waals surface area contributed by atoms with E-state index in [1.54, 1.807) is 37.3 Å². The van der Waals surface area contributed by atoms with Gasteiger partial charge in [-0.25, -0.2) is 10.2 Å². The van der Waals surface area contributed by atoms with E-state index < -0.39 is 5.97 Å². The molecule has 4 rings (SSSR count). The molecule has 0 aliphatic heterocycles. The van der Waals surface area contributed by atoms with Crippen LogP contribution in [0.25, 0.3) is 0 Å². The van der Waals surface area contributed by atoms with Crippen molar-refractivity contribution in [2.45, 2.75) is 26.2 Å². The minimum atomic E-state index is -0.663. The first-order valence-corrected chi connectivity index (χ1v) is 10.4. The van der Waals surface area contributed by atoms with Crippen molar-refractivity contribution < 1.29 is 18.7 Å². The van der Waals surface area contributed by atoms with Crippen molar-refractivity contribution in [2.24, 2.45) is 5.10 Å². The van der Waals surface area contributed by atoms with Crippen LogP contribution in [0, 0.1) is 6.92 Å². The van der Waals surface area contributed by atoms with Crippen molar-refractivity contribution >= 4 is 40.8 Å². The smallest absolute Gasteiger partial charge is 0.379 e. The standard InChI is InChI=1S/C23H18Cl2N2O4/c1-13-20-17(26-27-22(28)14-6-3-2-4-7-14)8-5-9-19(20)30-21(13)23(29)31-18-11-10-15(24)12-16(18)25/h2-4,6-7,10-12H,5,8-9H2,1H3,(H,27,28)/b26-17+. The van der Waals surface area contributed by atoms with Crippen LogP contribution >= 0.6 is 23.2 Å². The molecule has 1 heterocycles. The Bertz CT molecular complexity index is 1190. The molecule has 1 aliphatic rings. The number of ether oxygens (including phenoxy) is 1. The van der Waals surface area contributed by atoms with Crippen LogP contribution in [-0.4, -0.2) is 17.6 Å². The van der Waals surface area contributed by atoms with Gasteiger partial charge in [-0.3, -0.25) is 4.79 Å². The molecule has 0 unspecified atom stereocenters. The average Bonchev–Trinajstić information content (AvgIpc) is 3.12. The molecule has 1 amide bonds. The molecule has 0 saturated carbocycles. The quantitative estimate of drug-likeness (QED) is 0.315. The van der Waals surface area contributed by atoms with Crippen molar-refractivity contribution in [3.05, 3.63) is 86.8 Å². The van der Waals surface area contributed by atoms with Gasteiger partial charge in [-0.15, -0.1) is 0 Å². The maximum atomic E-state index is 12.7. The Morgan fingerprint density at radius 3 is 2.61 bits per heavy atom. The maximum Gasteiger partial charge on any atom is 0.379 e. The van der Waals surface area contributed by atoms with Crippen molar-refractivity contribution in [3.63, 3.8) is 0 Å². The molecular formula is C23H18Cl2N2O4. The molecule has 0 spiro atoms. The molecule has 0 bridgehead atoms. The fraction of sp³-hybridized carbons (Fsp3) is 0.174. The first kappa shape index (κ1) is 21.2. The first-order valence-electron chi connectivity index (χ1n) is 9.66. The molecule has 8 heteroatoms. The lowest BCUT2D eigenvalue weighted by atomic mass is 9.93. The predicted octanol–water partition coefficient (Wildman–Crippen LogP) is 5.58. The Kier molecular flexibility index (Phi) is 6.11. The fourth-order valence-electron chi connectivity index (χ4n) is 3.45. The van der Waals surface area contributed by atoms with Crippen molar-refractivity contribution in [1.82, 2.24) is 5.43 Å². The zero-order valence-corrected chi connectivity index (χ0v) is 18.1. The molecule has 0 saturated heterocycles. The Labute approximate surface area is 188 Å². The molecule has 31 heavy (non-hydrogen) atoms. The highest BCUT2D eigenvalue weighted by Crippen LogP contribution is 2.32. The van der Waals surface area contributed by atoms with Gasteiger partial charge >= 0.3 is 5.97 Å². The van der Waals surface area contributed by atoms with Gasteiger partial charge in [0.25, 0.3) is 5.91 Å². The van der Waals surface area contributed by atoms with E-state index in [2.05, 4.69) is 10.5 Å². The number of nitrogens with zero attached hydrogens (tertiary/aromatic N) is 1. The summed E-state index contributed by atoms with van der Waals surface area (Å²) in [4.78, 5) is 25.0. The van der Waals surface area contributed by atoms with Crippen LogP contribution in [0.1, 0.15) is 50.6 Å². The Morgan fingerprint density at radius 2 is 1.87 bits per heavy atom. The summed E-state index contributed by atoms with van der Waals surface area (Å²) in [5.74, 6) is -0.0540. The number of halogens is 2. The summed E-state index contributed by atoms with van der Waals surface area (Å²) in [5.41, 5.74) is 5.10. The lowest BCUT2D eigenvalue weighted by Crippen LogP contribution is -2.22. The van der Waals surface area contributed by atoms with E-state index in [1.165, 1.54) is 12.1 Å². The van der Waals surface area contributed by atoms with Gasteiger partial charge in [0.05, 0.1) is 10.7 Å². The molecule has 1 N–H and O–H groups in total.